The molecule has 1 aliphatic heterocycles. The number of hydrogen-bond acceptors (Lipinski definition) is 5. The molecule has 6 heteroatoms. The quantitative estimate of drug-likeness (QED) is 0.725. The van der Waals surface area contributed by atoms with Gasteiger partial charge >= 0.3 is 0 Å². The SMILES string of the molecule is Cc1cccc(OCCN2C(=O)S/C(=C\C=C\c3ccco3)C2=O)c1. The molecule has 0 N–H and O–H groups in total. The number of benzene rings is 1. The molecule has 2 amide bonds. The van der Waals surface area contributed by atoms with E-state index in [2.05, 4.69) is 0 Å². The van der Waals surface area contributed by atoms with Gasteiger partial charge in [0.05, 0.1) is 17.7 Å². The van der Waals surface area contributed by atoms with Crippen LogP contribution in [0.15, 0.2) is 64.1 Å². The minimum atomic E-state index is -0.299. The molecule has 25 heavy (non-hydrogen) atoms. The number of carbonyl (C=O) groups is 2. The molecule has 0 unspecified atom stereocenters. The third kappa shape index (κ3) is 4.42. The number of rotatable bonds is 6. The van der Waals surface area contributed by atoms with Crippen molar-refractivity contribution in [1.29, 1.82) is 0 Å². The van der Waals surface area contributed by atoms with Gasteiger partial charge in [-0.15, -0.1) is 0 Å². The Morgan fingerprint density at radius 3 is 2.88 bits per heavy atom. The molecule has 0 saturated carbocycles. The minimum absolute atomic E-state index is 0.220. The van der Waals surface area contributed by atoms with Gasteiger partial charge in [0.25, 0.3) is 11.1 Å². The second-order valence-corrected chi connectivity index (χ2v) is 6.39. The van der Waals surface area contributed by atoms with Gasteiger partial charge in [0.15, 0.2) is 0 Å². The number of hydrogen-bond donors (Lipinski definition) is 0. The van der Waals surface area contributed by atoms with Crippen LogP contribution < -0.4 is 4.74 Å². The van der Waals surface area contributed by atoms with Crippen molar-refractivity contribution < 1.29 is 18.7 Å². The molecule has 1 aliphatic rings. The predicted octanol–water partition coefficient (Wildman–Crippen LogP) is 4.26. The largest absolute Gasteiger partial charge is 0.492 e. The van der Waals surface area contributed by atoms with E-state index in [1.54, 1.807) is 36.6 Å². The Labute approximate surface area is 150 Å². The lowest BCUT2D eigenvalue weighted by Crippen LogP contribution is -2.32. The van der Waals surface area contributed by atoms with E-state index in [4.69, 9.17) is 9.15 Å². The van der Waals surface area contributed by atoms with Gasteiger partial charge < -0.3 is 9.15 Å². The molecule has 0 atom stereocenters. The Kier molecular flexibility index (Phi) is 5.40. The Balaban J connectivity index is 1.56. The summed E-state index contributed by atoms with van der Waals surface area (Å²) in [6, 6.07) is 11.2. The summed E-state index contributed by atoms with van der Waals surface area (Å²) in [6.07, 6.45) is 6.62. The lowest BCUT2D eigenvalue weighted by Gasteiger charge is -2.13. The molecular weight excluding hydrogens is 338 g/mol. The monoisotopic (exact) mass is 355 g/mol. The smallest absolute Gasteiger partial charge is 0.293 e. The summed E-state index contributed by atoms with van der Waals surface area (Å²) < 4.78 is 10.8. The number of allylic oxidation sites excluding steroid dienone is 2. The Morgan fingerprint density at radius 2 is 2.12 bits per heavy atom. The number of thioether (sulfide) groups is 1. The second kappa shape index (κ2) is 7.90. The predicted molar refractivity (Wildman–Crippen MR) is 97.2 cm³/mol. The van der Waals surface area contributed by atoms with Crippen molar-refractivity contribution in [2.75, 3.05) is 13.2 Å². The van der Waals surface area contributed by atoms with Crippen LogP contribution in [-0.2, 0) is 4.79 Å². The van der Waals surface area contributed by atoms with Crippen LogP contribution in [0.5, 0.6) is 5.75 Å². The normalized spacial score (nSPS) is 16.4. The van der Waals surface area contributed by atoms with E-state index in [-0.39, 0.29) is 24.3 Å². The van der Waals surface area contributed by atoms with Gasteiger partial charge in [-0.05, 0) is 60.7 Å². The zero-order valence-electron chi connectivity index (χ0n) is 13.7. The fraction of sp³-hybridized carbons (Fsp3) is 0.158. The third-order valence-corrected chi connectivity index (χ3v) is 4.42. The third-order valence-electron chi connectivity index (χ3n) is 3.50. The topological polar surface area (TPSA) is 59.8 Å². The van der Waals surface area contributed by atoms with Crippen molar-refractivity contribution in [3.63, 3.8) is 0 Å². The minimum Gasteiger partial charge on any atom is -0.492 e. The molecule has 1 aromatic heterocycles. The van der Waals surface area contributed by atoms with Crippen molar-refractivity contribution in [3.8, 4) is 5.75 Å². The average molecular weight is 355 g/mol. The summed E-state index contributed by atoms with van der Waals surface area (Å²) in [7, 11) is 0. The van der Waals surface area contributed by atoms with Gasteiger partial charge in [0.2, 0.25) is 0 Å². The molecule has 0 spiro atoms. The highest BCUT2D eigenvalue weighted by molar-refractivity contribution is 8.18. The van der Waals surface area contributed by atoms with E-state index in [1.165, 1.54) is 4.90 Å². The van der Waals surface area contributed by atoms with E-state index in [9.17, 15) is 9.59 Å². The van der Waals surface area contributed by atoms with Gasteiger partial charge in [-0.1, -0.05) is 18.2 Å². The molecule has 1 aromatic carbocycles. The first-order valence-electron chi connectivity index (χ1n) is 7.78. The fourth-order valence-electron chi connectivity index (χ4n) is 2.28. The van der Waals surface area contributed by atoms with E-state index >= 15 is 0 Å². The number of nitrogens with zero attached hydrogens (tertiary/aromatic N) is 1. The van der Waals surface area contributed by atoms with Crippen LogP contribution in [0.1, 0.15) is 11.3 Å². The van der Waals surface area contributed by atoms with Gasteiger partial charge in [-0.2, -0.15) is 0 Å². The van der Waals surface area contributed by atoms with Gasteiger partial charge in [0, 0.05) is 0 Å². The zero-order valence-corrected chi connectivity index (χ0v) is 14.5. The van der Waals surface area contributed by atoms with Crippen LogP contribution in [0, 0.1) is 6.92 Å². The van der Waals surface area contributed by atoms with Crippen LogP contribution in [0.3, 0.4) is 0 Å². The van der Waals surface area contributed by atoms with Crippen LogP contribution in [0.4, 0.5) is 4.79 Å². The molecule has 1 fully saturated rings. The lowest BCUT2D eigenvalue weighted by atomic mass is 10.2. The second-order valence-electron chi connectivity index (χ2n) is 5.40. The maximum absolute atomic E-state index is 12.3. The van der Waals surface area contributed by atoms with Crippen LogP contribution >= 0.6 is 11.8 Å². The molecule has 0 bridgehead atoms. The van der Waals surface area contributed by atoms with Crippen LogP contribution in [0.25, 0.3) is 6.08 Å². The molecule has 0 aliphatic carbocycles. The first kappa shape index (κ1) is 17.1. The molecule has 2 aromatic rings. The number of carbonyl (C=O) groups excluding carboxylic acids is 2. The highest BCUT2D eigenvalue weighted by Crippen LogP contribution is 2.30. The van der Waals surface area contributed by atoms with Crippen molar-refractivity contribution >= 4 is 29.0 Å². The maximum Gasteiger partial charge on any atom is 0.293 e. The summed E-state index contributed by atoms with van der Waals surface area (Å²) in [4.78, 5) is 25.9. The maximum atomic E-state index is 12.3. The van der Waals surface area contributed by atoms with E-state index in [0.29, 0.717) is 10.7 Å². The Morgan fingerprint density at radius 1 is 1.24 bits per heavy atom. The summed E-state index contributed by atoms with van der Waals surface area (Å²) in [5, 5.41) is -0.282. The standard InChI is InChI=1S/C19H17NO4S/c1-14-5-2-7-16(13-14)24-12-10-20-18(21)17(25-19(20)22)9-3-6-15-8-4-11-23-15/h2-9,11,13H,10,12H2,1H3/b6-3+,17-9-. The lowest BCUT2D eigenvalue weighted by molar-refractivity contribution is -0.123. The van der Waals surface area contributed by atoms with Crippen molar-refractivity contribution in [3.05, 3.63) is 71.0 Å². The number of imide groups is 1. The molecule has 2 heterocycles. The van der Waals surface area contributed by atoms with Gasteiger partial charge in [-0.25, -0.2) is 0 Å². The first-order chi connectivity index (χ1) is 12.1. The Bertz CT molecular complexity index is 824. The molecule has 128 valence electrons. The molecular formula is C19H17NO4S. The average Bonchev–Trinajstić information content (AvgIpc) is 3.19. The number of amides is 2. The fourth-order valence-corrected chi connectivity index (χ4v) is 3.10. The summed E-state index contributed by atoms with van der Waals surface area (Å²) >= 11 is 0.929. The summed E-state index contributed by atoms with van der Waals surface area (Å²) in [5.41, 5.74) is 1.09. The van der Waals surface area contributed by atoms with Crippen molar-refractivity contribution in [2.45, 2.75) is 6.92 Å². The number of aryl methyl sites for hydroxylation is 1. The van der Waals surface area contributed by atoms with E-state index < -0.39 is 0 Å². The van der Waals surface area contributed by atoms with E-state index in [0.717, 1.165) is 23.1 Å². The highest BCUT2D eigenvalue weighted by Gasteiger charge is 2.34. The molecule has 0 radical (unpaired) electrons. The molecule has 3 rings (SSSR count). The first-order valence-corrected chi connectivity index (χ1v) is 8.60. The number of furan rings is 1. The summed E-state index contributed by atoms with van der Waals surface area (Å²) in [6.45, 7) is 2.46. The molecule has 5 nitrogen and oxygen atoms in total. The highest BCUT2D eigenvalue weighted by atomic mass is 32.2. The molecule has 1 saturated heterocycles. The Hall–Kier alpha value is -2.73. The van der Waals surface area contributed by atoms with Gasteiger partial charge in [0.1, 0.15) is 18.1 Å². The number of ether oxygens (including phenoxy) is 1. The van der Waals surface area contributed by atoms with Gasteiger partial charge in [-0.3, -0.25) is 14.5 Å². The van der Waals surface area contributed by atoms with E-state index in [1.807, 2.05) is 31.2 Å². The van der Waals surface area contributed by atoms with Crippen LogP contribution in [-0.4, -0.2) is 29.2 Å². The zero-order chi connectivity index (χ0) is 17.6. The van der Waals surface area contributed by atoms with Crippen molar-refractivity contribution in [1.82, 2.24) is 4.90 Å². The summed E-state index contributed by atoms with van der Waals surface area (Å²) in [5.74, 6) is 1.11. The van der Waals surface area contributed by atoms with Crippen LogP contribution in [0.2, 0.25) is 0 Å². The van der Waals surface area contributed by atoms with Crippen molar-refractivity contribution in [2.24, 2.45) is 0 Å².